The molecule has 0 saturated carbocycles. The Morgan fingerprint density at radius 1 is 1.67 bits per heavy atom. The molecule has 0 spiro atoms. The lowest BCUT2D eigenvalue weighted by Gasteiger charge is -2.20. The first-order valence-electron chi connectivity index (χ1n) is 4.28. The van der Waals surface area contributed by atoms with Crippen LogP contribution in [-0.4, -0.2) is 19.1 Å². The third-order valence-corrected chi connectivity index (χ3v) is 1.91. The summed E-state index contributed by atoms with van der Waals surface area (Å²) in [5.74, 6) is 0.357. The second-order valence-electron chi connectivity index (χ2n) is 3.17. The number of carbonyl (C=O) groups excluding carboxylic acids is 1. The van der Waals surface area contributed by atoms with Gasteiger partial charge in [-0.3, -0.25) is 4.79 Å². The second-order valence-corrected chi connectivity index (χ2v) is 3.17. The molecular formula is C9H15NO2. The maximum atomic E-state index is 11.3. The monoisotopic (exact) mass is 169 g/mol. The minimum absolute atomic E-state index is 0.0236. The summed E-state index contributed by atoms with van der Waals surface area (Å²) in [5, 5.41) is 3.16. The predicted molar refractivity (Wildman–Crippen MR) is 46.5 cm³/mol. The molecule has 1 atom stereocenters. The van der Waals surface area contributed by atoms with Crippen molar-refractivity contribution in [1.82, 2.24) is 5.32 Å². The quantitative estimate of drug-likeness (QED) is 0.496. The number of ether oxygens (including phenoxy) is 1. The molecule has 3 nitrogen and oxygen atoms in total. The molecule has 0 aromatic carbocycles. The van der Waals surface area contributed by atoms with E-state index in [2.05, 4.69) is 11.9 Å². The van der Waals surface area contributed by atoms with Gasteiger partial charge in [0.2, 0.25) is 0 Å². The lowest BCUT2D eigenvalue weighted by Crippen LogP contribution is -2.35. The van der Waals surface area contributed by atoms with Crippen LogP contribution >= 0.6 is 0 Å². The minimum Gasteiger partial charge on any atom is -0.432 e. The van der Waals surface area contributed by atoms with Gasteiger partial charge >= 0.3 is 5.97 Å². The summed E-state index contributed by atoms with van der Waals surface area (Å²) < 4.78 is 4.92. The molecule has 0 amide bonds. The molecule has 0 aromatic rings. The molecule has 1 heterocycles. The molecule has 1 aliphatic rings. The Bertz CT molecular complexity index is 183. The van der Waals surface area contributed by atoms with Gasteiger partial charge in [0, 0.05) is 6.54 Å². The molecule has 1 fully saturated rings. The summed E-state index contributed by atoms with van der Waals surface area (Å²) in [6.45, 7) is 6.97. The van der Waals surface area contributed by atoms with Crippen LogP contribution in [0, 0.1) is 5.92 Å². The number of hydrogen-bond acceptors (Lipinski definition) is 3. The fourth-order valence-corrected chi connectivity index (χ4v) is 1.31. The molecule has 1 rings (SSSR count). The molecule has 0 aliphatic carbocycles. The first-order chi connectivity index (χ1) is 5.70. The Morgan fingerprint density at radius 3 is 2.92 bits per heavy atom. The van der Waals surface area contributed by atoms with Gasteiger partial charge in [0.05, 0.1) is 11.7 Å². The van der Waals surface area contributed by atoms with Crippen molar-refractivity contribution in [3.05, 3.63) is 12.3 Å². The van der Waals surface area contributed by atoms with Gasteiger partial charge in [-0.2, -0.15) is 0 Å². The van der Waals surface area contributed by atoms with Gasteiger partial charge in [0.25, 0.3) is 0 Å². The number of rotatable bonds is 2. The molecular weight excluding hydrogens is 154 g/mol. The average Bonchev–Trinajstić information content (AvgIpc) is 2.05. The first kappa shape index (κ1) is 9.26. The van der Waals surface area contributed by atoms with E-state index in [0.717, 1.165) is 25.9 Å². The van der Waals surface area contributed by atoms with E-state index >= 15 is 0 Å². The number of carbonyl (C=O) groups is 1. The highest BCUT2D eigenvalue weighted by Crippen LogP contribution is 2.12. The zero-order valence-corrected chi connectivity index (χ0v) is 7.43. The normalized spacial score (nSPS) is 23.2. The van der Waals surface area contributed by atoms with Crippen molar-refractivity contribution in [3.8, 4) is 0 Å². The number of hydrogen-bond donors (Lipinski definition) is 1. The van der Waals surface area contributed by atoms with Gasteiger partial charge < -0.3 is 10.1 Å². The fourth-order valence-electron chi connectivity index (χ4n) is 1.31. The van der Waals surface area contributed by atoms with Crippen molar-refractivity contribution in [2.24, 2.45) is 5.92 Å². The fraction of sp³-hybridized carbons (Fsp3) is 0.667. The zero-order chi connectivity index (χ0) is 8.97. The van der Waals surface area contributed by atoms with Gasteiger partial charge in [-0.1, -0.05) is 6.58 Å². The van der Waals surface area contributed by atoms with Crippen LogP contribution in [-0.2, 0) is 9.53 Å². The van der Waals surface area contributed by atoms with Crippen LogP contribution in [0.2, 0.25) is 0 Å². The summed E-state index contributed by atoms with van der Waals surface area (Å²) in [5.41, 5.74) is 0. The van der Waals surface area contributed by atoms with Crippen LogP contribution < -0.4 is 5.32 Å². The van der Waals surface area contributed by atoms with Crippen LogP contribution in [0.25, 0.3) is 0 Å². The summed E-state index contributed by atoms with van der Waals surface area (Å²) in [6, 6.07) is 0. The smallest absolute Gasteiger partial charge is 0.315 e. The second kappa shape index (κ2) is 4.26. The maximum Gasteiger partial charge on any atom is 0.315 e. The Kier molecular flexibility index (Phi) is 3.29. The van der Waals surface area contributed by atoms with Crippen molar-refractivity contribution in [2.75, 3.05) is 13.1 Å². The number of nitrogens with one attached hydrogen (secondary N) is 1. The Morgan fingerprint density at radius 2 is 2.42 bits per heavy atom. The molecule has 1 aliphatic heterocycles. The SMILES string of the molecule is C=C(C)OC(=O)C1CCCNC1. The van der Waals surface area contributed by atoms with E-state index < -0.39 is 0 Å². The van der Waals surface area contributed by atoms with E-state index in [1.54, 1.807) is 6.92 Å². The van der Waals surface area contributed by atoms with Gasteiger partial charge in [-0.25, -0.2) is 0 Å². The highest BCUT2D eigenvalue weighted by molar-refractivity contribution is 5.73. The van der Waals surface area contributed by atoms with Crippen LogP contribution in [0.3, 0.4) is 0 Å². The maximum absolute atomic E-state index is 11.3. The molecule has 3 heteroatoms. The topological polar surface area (TPSA) is 38.3 Å². The van der Waals surface area contributed by atoms with Crippen LogP contribution in [0.15, 0.2) is 12.3 Å². The third-order valence-electron chi connectivity index (χ3n) is 1.91. The summed E-state index contributed by atoms with van der Waals surface area (Å²) in [6.07, 6.45) is 1.98. The molecule has 1 saturated heterocycles. The van der Waals surface area contributed by atoms with Crippen LogP contribution in [0.5, 0.6) is 0 Å². The Hall–Kier alpha value is -0.830. The van der Waals surface area contributed by atoms with Gasteiger partial charge in [0.1, 0.15) is 0 Å². The van der Waals surface area contributed by atoms with Gasteiger partial charge in [-0.05, 0) is 26.3 Å². The highest BCUT2D eigenvalue weighted by Gasteiger charge is 2.22. The van der Waals surface area contributed by atoms with E-state index in [9.17, 15) is 4.79 Å². The van der Waals surface area contributed by atoms with Crippen LogP contribution in [0.1, 0.15) is 19.8 Å². The number of allylic oxidation sites excluding steroid dienone is 1. The van der Waals surface area contributed by atoms with Crippen molar-refractivity contribution >= 4 is 5.97 Å². The van der Waals surface area contributed by atoms with E-state index in [0.29, 0.717) is 5.76 Å². The van der Waals surface area contributed by atoms with Crippen molar-refractivity contribution in [2.45, 2.75) is 19.8 Å². The molecule has 1 unspecified atom stereocenters. The minimum atomic E-state index is -0.144. The molecule has 0 radical (unpaired) electrons. The molecule has 0 bridgehead atoms. The summed E-state index contributed by atoms with van der Waals surface area (Å²) in [4.78, 5) is 11.3. The van der Waals surface area contributed by atoms with Crippen LogP contribution in [0.4, 0.5) is 0 Å². The standard InChI is InChI=1S/C9H15NO2/c1-7(2)12-9(11)8-4-3-5-10-6-8/h8,10H,1,3-6H2,2H3. The van der Waals surface area contributed by atoms with E-state index in [1.165, 1.54) is 0 Å². The van der Waals surface area contributed by atoms with E-state index in [-0.39, 0.29) is 11.9 Å². The molecule has 68 valence electrons. The number of esters is 1. The lowest BCUT2D eigenvalue weighted by molar-refractivity contribution is -0.144. The Labute approximate surface area is 72.8 Å². The molecule has 12 heavy (non-hydrogen) atoms. The van der Waals surface area contributed by atoms with Gasteiger partial charge in [-0.15, -0.1) is 0 Å². The highest BCUT2D eigenvalue weighted by atomic mass is 16.5. The number of piperidine rings is 1. The van der Waals surface area contributed by atoms with E-state index in [4.69, 9.17) is 4.74 Å². The first-order valence-corrected chi connectivity index (χ1v) is 4.28. The summed E-state index contributed by atoms with van der Waals surface area (Å²) in [7, 11) is 0. The summed E-state index contributed by atoms with van der Waals surface area (Å²) >= 11 is 0. The van der Waals surface area contributed by atoms with Gasteiger partial charge in [0.15, 0.2) is 0 Å². The lowest BCUT2D eigenvalue weighted by atomic mass is 10.0. The molecule has 0 aromatic heterocycles. The predicted octanol–water partition coefficient (Wildman–Crippen LogP) is 1.06. The van der Waals surface area contributed by atoms with Crippen molar-refractivity contribution < 1.29 is 9.53 Å². The molecule has 1 N–H and O–H groups in total. The zero-order valence-electron chi connectivity index (χ0n) is 7.43. The average molecular weight is 169 g/mol. The van der Waals surface area contributed by atoms with Crippen molar-refractivity contribution in [1.29, 1.82) is 0 Å². The Balaban J connectivity index is 2.34. The van der Waals surface area contributed by atoms with Crippen molar-refractivity contribution in [3.63, 3.8) is 0 Å². The van der Waals surface area contributed by atoms with E-state index in [1.807, 2.05) is 0 Å². The largest absolute Gasteiger partial charge is 0.432 e. The third kappa shape index (κ3) is 2.66.